The number of aliphatic hydroxyl groups is 2. The van der Waals surface area contributed by atoms with Gasteiger partial charge >= 0.3 is 0 Å². The molecule has 0 aromatic carbocycles. The van der Waals surface area contributed by atoms with Gasteiger partial charge in [0.1, 0.15) is 0 Å². The lowest BCUT2D eigenvalue weighted by Crippen LogP contribution is -2.51. The van der Waals surface area contributed by atoms with Crippen molar-refractivity contribution in [3.63, 3.8) is 0 Å². The van der Waals surface area contributed by atoms with Crippen molar-refractivity contribution in [1.29, 1.82) is 0 Å². The summed E-state index contributed by atoms with van der Waals surface area (Å²) in [6, 6.07) is -0.362. The maximum atomic E-state index is 9.20. The highest BCUT2D eigenvalue weighted by Gasteiger charge is 2.31. The van der Waals surface area contributed by atoms with E-state index in [1.807, 2.05) is 0 Å². The van der Waals surface area contributed by atoms with E-state index in [-0.39, 0.29) is 12.1 Å². The summed E-state index contributed by atoms with van der Waals surface area (Å²) in [5.74, 6) is 0. The fourth-order valence-electron chi connectivity index (χ4n) is 1.10. The van der Waals surface area contributed by atoms with Crippen LogP contribution in [-0.2, 0) is 4.74 Å². The van der Waals surface area contributed by atoms with Crippen LogP contribution in [0.3, 0.4) is 0 Å². The lowest BCUT2D eigenvalue weighted by molar-refractivity contribution is -0.198. The Balaban J connectivity index is 2.49. The van der Waals surface area contributed by atoms with Crippen LogP contribution in [0, 0.1) is 0 Å². The smallest absolute Gasteiger partial charge is 0.156 e. The summed E-state index contributed by atoms with van der Waals surface area (Å²) in [7, 11) is 0. The Morgan fingerprint density at radius 3 is 2.60 bits per heavy atom. The van der Waals surface area contributed by atoms with Gasteiger partial charge < -0.3 is 20.7 Å². The molecule has 1 aliphatic rings. The van der Waals surface area contributed by atoms with Crippen LogP contribution in [0.4, 0.5) is 0 Å². The molecule has 0 saturated carbocycles. The molecule has 0 aromatic rings. The van der Waals surface area contributed by atoms with Gasteiger partial charge in [0.25, 0.3) is 0 Å². The van der Waals surface area contributed by atoms with Crippen molar-refractivity contribution in [2.75, 3.05) is 0 Å². The minimum Gasteiger partial charge on any atom is -0.389 e. The van der Waals surface area contributed by atoms with Gasteiger partial charge in [0.2, 0.25) is 0 Å². The highest BCUT2D eigenvalue weighted by molar-refractivity contribution is 4.82. The Hall–Kier alpha value is -0.160. The van der Waals surface area contributed by atoms with Crippen molar-refractivity contribution >= 4 is 0 Å². The first-order valence-corrected chi connectivity index (χ1v) is 3.38. The molecule has 4 atom stereocenters. The number of hydrogen-bond acceptors (Lipinski definition) is 4. The van der Waals surface area contributed by atoms with E-state index in [1.165, 1.54) is 0 Å². The Kier molecular flexibility index (Phi) is 2.25. The number of rotatable bonds is 0. The Morgan fingerprint density at radius 1 is 1.50 bits per heavy atom. The number of hydrogen-bond donors (Lipinski definition) is 3. The lowest BCUT2D eigenvalue weighted by atomic mass is 10.0. The number of aliphatic hydroxyl groups excluding tert-OH is 2. The molecule has 0 aromatic heterocycles. The molecule has 1 unspecified atom stereocenters. The normalized spacial score (nSPS) is 49.2. The van der Waals surface area contributed by atoms with Crippen LogP contribution in [-0.4, -0.2) is 34.8 Å². The SMILES string of the molecule is C[C@@H]1OC(O)C[C@@H](N)[C@H]1O. The second-order valence-corrected chi connectivity index (χ2v) is 2.69. The zero-order valence-electron chi connectivity index (χ0n) is 5.90. The van der Waals surface area contributed by atoms with Crippen molar-refractivity contribution < 1.29 is 14.9 Å². The van der Waals surface area contributed by atoms with Gasteiger partial charge in [-0.15, -0.1) is 0 Å². The fourth-order valence-corrected chi connectivity index (χ4v) is 1.10. The molecule has 10 heavy (non-hydrogen) atoms. The molecule has 0 aliphatic carbocycles. The average Bonchev–Trinajstić information content (AvgIpc) is 1.82. The maximum absolute atomic E-state index is 9.20. The van der Waals surface area contributed by atoms with Crippen molar-refractivity contribution in [1.82, 2.24) is 0 Å². The van der Waals surface area contributed by atoms with Crippen molar-refractivity contribution in [2.24, 2.45) is 5.73 Å². The first kappa shape index (κ1) is 7.94. The quantitative estimate of drug-likeness (QED) is 0.402. The van der Waals surface area contributed by atoms with Crippen LogP contribution in [0.1, 0.15) is 13.3 Å². The predicted octanol–water partition coefficient (Wildman–Crippen LogP) is -1.20. The van der Waals surface area contributed by atoms with Gasteiger partial charge in [-0.3, -0.25) is 0 Å². The maximum Gasteiger partial charge on any atom is 0.156 e. The van der Waals surface area contributed by atoms with Crippen LogP contribution in [0.15, 0.2) is 0 Å². The van der Waals surface area contributed by atoms with E-state index in [4.69, 9.17) is 15.6 Å². The fraction of sp³-hybridized carbons (Fsp3) is 1.00. The van der Waals surface area contributed by atoms with Gasteiger partial charge in [0.15, 0.2) is 6.29 Å². The highest BCUT2D eigenvalue weighted by atomic mass is 16.6. The zero-order chi connectivity index (χ0) is 7.72. The summed E-state index contributed by atoms with van der Waals surface area (Å²) in [5.41, 5.74) is 5.47. The molecule has 4 nitrogen and oxygen atoms in total. The second-order valence-electron chi connectivity index (χ2n) is 2.69. The predicted molar refractivity (Wildman–Crippen MR) is 35.2 cm³/mol. The van der Waals surface area contributed by atoms with E-state index in [9.17, 15) is 5.11 Å². The highest BCUT2D eigenvalue weighted by Crippen LogP contribution is 2.16. The molecule has 0 bridgehead atoms. The third kappa shape index (κ3) is 1.46. The third-order valence-electron chi connectivity index (χ3n) is 1.77. The van der Waals surface area contributed by atoms with Crippen LogP contribution < -0.4 is 5.73 Å². The monoisotopic (exact) mass is 147 g/mol. The molecule has 1 heterocycles. The van der Waals surface area contributed by atoms with Gasteiger partial charge in [0.05, 0.1) is 12.2 Å². The number of nitrogens with two attached hydrogens (primary N) is 1. The first-order chi connectivity index (χ1) is 4.61. The van der Waals surface area contributed by atoms with Gasteiger partial charge in [-0.1, -0.05) is 0 Å². The molecule has 0 amide bonds. The molecule has 1 aliphatic heterocycles. The number of ether oxygens (including phenoxy) is 1. The van der Waals surface area contributed by atoms with Gasteiger partial charge in [-0.25, -0.2) is 0 Å². The van der Waals surface area contributed by atoms with Gasteiger partial charge in [0, 0.05) is 12.5 Å². The molecule has 1 saturated heterocycles. The van der Waals surface area contributed by atoms with Crippen LogP contribution >= 0.6 is 0 Å². The summed E-state index contributed by atoms with van der Waals surface area (Å²) >= 11 is 0. The van der Waals surface area contributed by atoms with Crippen molar-refractivity contribution in [2.45, 2.75) is 37.9 Å². The molecule has 0 spiro atoms. The molecule has 1 fully saturated rings. The van der Waals surface area contributed by atoms with E-state index >= 15 is 0 Å². The van der Waals surface area contributed by atoms with Crippen LogP contribution in [0.5, 0.6) is 0 Å². The minimum absolute atomic E-state index is 0.311. The molecule has 0 radical (unpaired) electrons. The molecule has 4 N–H and O–H groups in total. The van der Waals surface area contributed by atoms with E-state index in [0.29, 0.717) is 6.42 Å². The summed E-state index contributed by atoms with van der Waals surface area (Å²) in [6.07, 6.45) is -1.51. The average molecular weight is 147 g/mol. The molecular formula is C6H13NO3. The molecular weight excluding hydrogens is 134 g/mol. The molecule has 4 heteroatoms. The van der Waals surface area contributed by atoms with E-state index in [2.05, 4.69) is 0 Å². The van der Waals surface area contributed by atoms with Crippen molar-refractivity contribution in [3.8, 4) is 0 Å². The van der Waals surface area contributed by atoms with Crippen LogP contribution in [0.2, 0.25) is 0 Å². The largest absolute Gasteiger partial charge is 0.389 e. The summed E-state index contributed by atoms with van der Waals surface area (Å²) < 4.78 is 4.89. The van der Waals surface area contributed by atoms with E-state index in [0.717, 1.165) is 0 Å². The van der Waals surface area contributed by atoms with Crippen molar-refractivity contribution in [3.05, 3.63) is 0 Å². The second kappa shape index (κ2) is 2.84. The standard InChI is InChI=1S/C6H13NO3/c1-3-6(9)4(7)2-5(8)10-3/h3-6,8-9H,2,7H2,1H3/t3-,4+,5?,6-/m0/s1. The van der Waals surface area contributed by atoms with E-state index in [1.54, 1.807) is 6.92 Å². The van der Waals surface area contributed by atoms with E-state index < -0.39 is 12.4 Å². The summed E-state index contributed by atoms with van der Waals surface area (Å²) in [4.78, 5) is 0. The van der Waals surface area contributed by atoms with Crippen LogP contribution in [0.25, 0.3) is 0 Å². The third-order valence-corrected chi connectivity index (χ3v) is 1.77. The minimum atomic E-state index is -0.812. The van der Waals surface area contributed by atoms with Gasteiger partial charge in [-0.2, -0.15) is 0 Å². The lowest BCUT2D eigenvalue weighted by Gasteiger charge is -2.33. The topological polar surface area (TPSA) is 75.7 Å². The zero-order valence-corrected chi connectivity index (χ0v) is 5.90. The Labute approximate surface area is 59.6 Å². The molecule has 60 valence electrons. The summed E-state index contributed by atoms with van der Waals surface area (Å²) in [5, 5.41) is 18.2. The molecule has 1 rings (SSSR count). The Morgan fingerprint density at radius 2 is 2.10 bits per heavy atom. The first-order valence-electron chi connectivity index (χ1n) is 3.38. The Bertz CT molecular complexity index is 108. The van der Waals surface area contributed by atoms with Gasteiger partial charge in [-0.05, 0) is 6.92 Å². The summed E-state index contributed by atoms with van der Waals surface area (Å²) in [6.45, 7) is 1.69.